The van der Waals surface area contributed by atoms with E-state index in [1.54, 1.807) is 0 Å². The Balaban J connectivity index is 4.22. The lowest BCUT2D eigenvalue weighted by Crippen LogP contribution is -2.46. The number of hydrogen-bond donors (Lipinski definition) is 4. The van der Waals surface area contributed by atoms with Gasteiger partial charge in [-0.3, -0.25) is 13.8 Å². The van der Waals surface area contributed by atoms with E-state index < -0.39 is 20.0 Å². The molecule has 0 heterocycles. The molecule has 0 fully saturated rings. The molecule has 8 nitrogen and oxygen atoms in total. The Kier molecular flexibility index (Phi) is 36.0. The third kappa shape index (κ3) is 35.2. The van der Waals surface area contributed by atoms with Crippen LogP contribution in [0.2, 0.25) is 0 Å². The monoisotopic (exact) mass is 715 g/mol. The lowest BCUT2D eigenvalue weighted by molar-refractivity contribution is -0.123. The Labute approximate surface area is 302 Å². The number of unbranched alkanes of at least 4 members (excludes halogenated alkanes) is 22. The van der Waals surface area contributed by atoms with Crippen LogP contribution in [0.25, 0.3) is 0 Å². The quantitative estimate of drug-likeness (QED) is 0.0284. The summed E-state index contributed by atoms with van der Waals surface area (Å²) >= 11 is 0. The topological polar surface area (TPSA) is 131 Å². The first-order valence-corrected chi connectivity index (χ1v) is 21.9. The summed E-state index contributed by atoms with van der Waals surface area (Å²) < 4.78 is 22.1. The van der Waals surface area contributed by atoms with E-state index in [0.717, 1.165) is 64.2 Å². The molecular weight excluding hydrogens is 635 g/mol. The van der Waals surface area contributed by atoms with Crippen LogP contribution in [0.3, 0.4) is 0 Å². The SMILES string of the molecule is CCCC/C=C\C/C=C\CCCCCCCC(=O)NC(COP(=O)(O)OCCN)C(O)CCCCCCCCCCCCCCCCCC. The number of allylic oxidation sites excluding steroid dienone is 4. The van der Waals surface area contributed by atoms with Gasteiger partial charge in [0, 0.05) is 13.0 Å². The van der Waals surface area contributed by atoms with Gasteiger partial charge in [0.15, 0.2) is 0 Å². The third-order valence-corrected chi connectivity index (χ3v) is 10.0. The summed E-state index contributed by atoms with van der Waals surface area (Å²) in [6.07, 6.45) is 40.3. The number of phosphoric acid groups is 1. The van der Waals surface area contributed by atoms with Crippen molar-refractivity contribution in [3.05, 3.63) is 24.3 Å². The van der Waals surface area contributed by atoms with Crippen LogP contribution in [-0.2, 0) is 18.4 Å². The maximum Gasteiger partial charge on any atom is 0.472 e. The zero-order valence-corrected chi connectivity index (χ0v) is 32.8. The van der Waals surface area contributed by atoms with Gasteiger partial charge < -0.3 is 21.1 Å². The molecule has 0 bridgehead atoms. The van der Waals surface area contributed by atoms with E-state index in [1.807, 2.05) is 0 Å². The van der Waals surface area contributed by atoms with Crippen molar-refractivity contribution in [1.29, 1.82) is 0 Å². The van der Waals surface area contributed by atoms with Gasteiger partial charge in [0.1, 0.15) is 0 Å². The van der Waals surface area contributed by atoms with E-state index in [2.05, 4.69) is 43.5 Å². The molecule has 0 saturated carbocycles. The van der Waals surface area contributed by atoms with Gasteiger partial charge in [-0.05, 0) is 38.5 Å². The highest BCUT2D eigenvalue weighted by Crippen LogP contribution is 2.43. The highest BCUT2D eigenvalue weighted by molar-refractivity contribution is 7.47. The first-order valence-electron chi connectivity index (χ1n) is 20.5. The van der Waals surface area contributed by atoms with Gasteiger partial charge in [0.25, 0.3) is 0 Å². The van der Waals surface area contributed by atoms with Gasteiger partial charge in [-0.1, -0.05) is 173 Å². The molecule has 0 rings (SSSR count). The second-order valence-corrected chi connectivity index (χ2v) is 15.3. The molecule has 0 aromatic carbocycles. The zero-order valence-electron chi connectivity index (χ0n) is 31.9. The van der Waals surface area contributed by atoms with Crippen molar-refractivity contribution in [2.45, 2.75) is 206 Å². The third-order valence-electron chi connectivity index (χ3n) is 9.06. The minimum absolute atomic E-state index is 0.0868. The largest absolute Gasteiger partial charge is 0.472 e. The van der Waals surface area contributed by atoms with Crippen LogP contribution in [0.1, 0.15) is 194 Å². The molecule has 0 aromatic rings. The highest BCUT2D eigenvalue weighted by atomic mass is 31.2. The van der Waals surface area contributed by atoms with E-state index in [1.165, 1.54) is 103 Å². The predicted molar refractivity (Wildman–Crippen MR) is 208 cm³/mol. The molecule has 3 unspecified atom stereocenters. The average molecular weight is 715 g/mol. The van der Waals surface area contributed by atoms with Crippen molar-refractivity contribution in [2.75, 3.05) is 19.8 Å². The molecule has 49 heavy (non-hydrogen) atoms. The summed E-state index contributed by atoms with van der Waals surface area (Å²) in [5.41, 5.74) is 5.37. The summed E-state index contributed by atoms with van der Waals surface area (Å²) in [5.74, 6) is -0.176. The van der Waals surface area contributed by atoms with Crippen LogP contribution in [0.4, 0.5) is 0 Å². The Morgan fingerprint density at radius 2 is 1.14 bits per heavy atom. The lowest BCUT2D eigenvalue weighted by Gasteiger charge is -2.25. The molecule has 290 valence electrons. The number of aliphatic hydroxyl groups is 1. The zero-order chi connectivity index (χ0) is 36.1. The van der Waals surface area contributed by atoms with Crippen molar-refractivity contribution >= 4 is 13.7 Å². The van der Waals surface area contributed by atoms with Crippen LogP contribution >= 0.6 is 7.82 Å². The number of rotatable bonds is 38. The van der Waals surface area contributed by atoms with Crippen LogP contribution in [0, 0.1) is 0 Å². The van der Waals surface area contributed by atoms with Crippen molar-refractivity contribution in [1.82, 2.24) is 5.32 Å². The van der Waals surface area contributed by atoms with E-state index in [-0.39, 0.29) is 25.7 Å². The van der Waals surface area contributed by atoms with Crippen molar-refractivity contribution in [3.63, 3.8) is 0 Å². The van der Waals surface area contributed by atoms with Gasteiger partial charge in [-0.15, -0.1) is 0 Å². The number of aliphatic hydroxyl groups excluding tert-OH is 1. The van der Waals surface area contributed by atoms with Gasteiger partial charge in [-0.2, -0.15) is 0 Å². The van der Waals surface area contributed by atoms with Gasteiger partial charge in [0.05, 0.1) is 25.4 Å². The lowest BCUT2D eigenvalue weighted by atomic mass is 10.0. The standard InChI is InChI=1S/C40H79N2O6P/c1-3-5-7-9-11-13-15-17-19-20-21-23-25-27-29-31-33-39(43)38(37-48-49(45,46)47-36-35-41)42-40(44)34-32-30-28-26-24-22-18-16-14-12-10-8-6-4-2/h10,12,16,18,38-39,43H,3-9,11,13-15,17,19-37,41H2,1-2H3,(H,42,44)(H,45,46)/b12-10-,18-16-. The van der Waals surface area contributed by atoms with Crippen molar-refractivity contribution in [3.8, 4) is 0 Å². The van der Waals surface area contributed by atoms with Gasteiger partial charge in [-0.25, -0.2) is 4.57 Å². The molecule has 0 aromatic heterocycles. The number of phosphoric ester groups is 1. The van der Waals surface area contributed by atoms with Crippen LogP contribution in [0.5, 0.6) is 0 Å². The summed E-state index contributed by atoms with van der Waals surface area (Å²) in [6, 6.07) is -0.779. The fraction of sp³-hybridized carbons (Fsp3) is 0.875. The molecule has 0 saturated heterocycles. The van der Waals surface area contributed by atoms with E-state index >= 15 is 0 Å². The Morgan fingerprint density at radius 3 is 1.67 bits per heavy atom. The number of carbonyl (C=O) groups excluding carboxylic acids is 1. The van der Waals surface area contributed by atoms with E-state index in [0.29, 0.717) is 12.8 Å². The van der Waals surface area contributed by atoms with Crippen molar-refractivity contribution in [2.24, 2.45) is 5.73 Å². The molecule has 0 aliphatic rings. The molecule has 5 N–H and O–H groups in total. The first-order chi connectivity index (χ1) is 23.9. The Hall–Kier alpha value is -1.02. The first kappa shape index (κ1) is 48.0. The maximum absolute atomic E-state index is 12.7. The number of nitrogens with one attached hydrogen (secondary N) is 1. The Morgan fingerprint density at radius 1 is 0.673 bits per heavy atom. The van der Waals surface area contributed by atoms with Crippen molar-refractivity contribution < 1.29 is 28.4 Å². The molecule has 0 radical (unpaired) electrons. The molecule has 0 aliphatic heterocycles. The molecule has 9 heteroatoms. The summed E-state index contributed by atoms with van der Waals surface area (Å²) in [7, 11) is -4.31. The number of carbonyl (C=O) groups is 1. The maximum atomic E-state index is 12.7. The van der Waals surface area contributed by atoms with Gasteiger partial charge in [0.2, 0.25) is 5.91 Å². The fourth-order valence-corrected chi connectivity index (χ4v) is 6.68. The normalized spacial score (nSPS) is 14.5. The minimum Gasteiger partial charge on any atom is -0.391 e. The molecular formula is C40H79N2O6P. The fourth-order valence-electron chi connectivity index (χ4n) is 5.92. The smallest absolute Gasteiger partial charge is 0.391 e. The number of amides is 1. The summed E-state index contributed by atoms with van der Waals surface area (Å²) in [6.45, 7) is 4.16. The predicted octanol–water partition coefficient (Wildman–Crippen LogP) is 11.0. The van der Waals surface area contributed by atoms with E-state index in [4.69, 9.17) is 14.8 Å². The van der Waals surface area contributed by atoms with Crippen LogP contribution in [0.15, 0.2) is 24.3 Å². The summed E-state index contributed by atoms with van der Waals surface area (Å²) in [5, 5.41) is 13.8. The molecule has 0 spiro atoms. The minimum atomic E-state index is -4.31. The van der Waals surface area contributed by atoms with Crippen LogP contribution < -0.4 is 11.1 Å². The van der Waals surface area contributed by atoms with E-state index in [9.17, 15) is 19.4 Å². The second-order valence-electron chi connectivity index (χ2n) is 13.8. The highest BCUT2D eigenvalue weighted by Gasteiger charge is 2.27. The molecule has 1 amide bonds. The molecule has 0 aliphatic carbocycles. The Bertz CT molecular complexity index is 825. The second kappa shape index (κ2) is 36.8. The van der Waals surface area contributed by atoms with Crippen LogP contribution in [-0.4, -0.2) is 47.8 Å². The number of hydrogen-bond acceptors (Lipinski definition) is 6. The molecule has 3 atom stereocenters. The average Bonchev–Trinajstić information content (AvgIpc) is 3.09. The summed E-state index contributed by atoms with van der Waals surface area (Å²) in [4.78, 5) is 22.7. The number of nitrogens with two attached hydrogens (primary N) is 1. The van der Waals surface area contributed by atoms with Gasteiger partial charge >= 0.3 is 7.82 Å².